The number of quaternary nitrogens is 1. The second-order valence-electron chi connectivity index (χ2n) is 3.48. The van der Waals surface area contributed by atoms with Crippen LogP contribution in [-0.2, 0) is 10.1 Å². The first kappa shape index (κ1) is 17.3. The fourth-order valence-corrected chi connectivity index (χ4v) is 1.34. The van der Waals surface area contributed by atoms with Gasteiger partial charge in [0, 0.05) is 0 Å². The van der Waals surface area contributed by atoms with Crippen LogP contribution >= 0.6 is 0 Å². The summed E-state index contributed by atoms with van der Waals surface area (Å²) in [6.07, 6.45) is 0. The van der Waals surface area contributed by atoms with Gasteiger partial charge in [-0.2, -0.15) is 8.42 Å². The molecule has 94 valence electrons. The maximum Gasteiger partial charge on any atom is 0.264 e. The molecule has 0 radical (unpaired) electrons. The maximum absolute atomic E-state index is 9.56. The predicted molar refractivity (Wildman–Crippen MR) is 64.5 cm³/mol. The van der Waals surface area contributed by atoms with Gasteiger partial charge >= 0.3 is 0 Å². The molecule has 0 aromatic heterocycles. The van der Waals surface area contributed by atoms with Crippen LogP contribution in [0.1, 0.15) is 34.6 Å². The third-order valence-electron chi connectivity index (χ3n) is 3.05. The molecule has 0 aromatic rings. The zero-order valence-corrected chi connectivity index (χ0v) is 11.5. The molecule has 0 saturated carbocycles. The summed E-state index contributed by atoms with van der Waals surface area (Å²) in [5.41, 5.74) is 0. The highest BCUT2D eigenvalue weighted by Gasteiger charge is 2.16. The number of hydrogen-bond acceptors (Lipinski definition) is 2. The predicted octanol–water partition coefficient (Wildman–Crippen LogP) is 1.78. The Bertz CT molecular complexity index is 216. The number of hydrogen-bond donors (Lipinski definition) is 1. The molecule has 0 rings (SSSR count). The third kappa shape index (κ3) is 8.84. The van der Waals surface area contributed by atoms with Crippen molar-refractivity contribution < 1.29 is 17.5 Å². The van der Waals surface area contributed by atoms with Gasteiger partial charge in [-0.15, -0.1) is 0 Å². The van der Waals surface area contributed by atoms with Crippen LogP contribution in [0.2, 0.25) is 0 Å². The van der Waals surface area contributed by atoms with Gasteiger partial charge in [0.25, 0.3) is 10.1 Å². The Hall–Kier alpha value is -0.130. The lowest BCUT2D eigenvalue weighted by atomic mass is 10.3. The lowest BCUT2D eigenvalue weighted by molar-refractivity contribution is -0.921. The molecule has 0 aliphatic rings. The summed E-state index contributed by atoms with van der Waals surface area (Å²) in [7, 11) is -3.66. The smallest absolute Gasteiger partial charge is 0.264 e. The molecule has 0 aromatic carbocycles. The zero-order valence-electron chi connectivity index (χ0n) is 10.7. The molecule has 0 atom stereocenters. The monoisotopic (exact) mass is 240 g/mol. The Labute approximate surface area is 94.6 Å². The van der Waals surface area contributed by atoms with E-state index in [0.29, 0.717) is 0 Å². The first-order chi connectivity index (χ1) is 6.80. The van der Waals surface area contributed by atoms with Gasteiger partial charge in [-0.05, 0) is 34.6 Å². The van der Waals surface area contributed by atoms with Crippen molar-refractivity contribution in [1.82, 2.24) is 0 Å². The van der Waals surface area contributed by atoms with Crippen LogP contribution in [0.25, 0.3) is 0 Å². The van der Waals surface area contributed by atoms with Gasteiger partial charge in [-0.3, -0.25) is 4.55 Å². The Kier molecular flexibility index (Phi) is 9.29. The van der Waals surface area contributed by atoms with Crippen molar-refractivity contribution in [3.05, 3.63) is 0 Å². The van der Waals surface area contributed by atoms with Crippen LogP contribution in [0.5, 0.6) is 0 Å². The van der Waals surface area contributed by atoms with Gasteiger partial charge in [-0.25, -0.2) is 0 Å². The maximum atomic E-state index is 9.56. The van der Waals surface area contributed by atoms with Gasteiger partial charge in [0.05, 0.1) is 31.9 Å². The molecule has 0 unspecified atom stereocenters. The fraction of sp³-hybridized carbons (Fsp3) is 1.00. The van der Waals surface area contributed by atoms with E-state index in [1.807, 2.05) is 0 Å². The van der Waals surface area contributed by atoms with E-state index in [1.54, 1.807) is 0 Å². The molecule has 0 spiro atoms. The minimum Gasteiger partial charge on any atom is -0.325 e. The molecule has 0 aliphatic heterocycles. The van der Waals surface area contributed by atoms with E-state index in [4.69, 9.17) is 4.55 Å². The highest BCUT2D eigenvalue weighted by Crippen LogP contribution is 2.03. The van der Waals surface area contributed by atoms with Crippen LogP contribution in [0.3, 0.4) is 0 Å². The lowest BCUT2D eigenvalue weighted by Crippen LogP contribution is -2.47. The third-order valence-corrected chi connectivity index (χ3v) is 3.78. The molecule has 0 bridgehead atoms. The number of rotatable bonds is 5. The van der Waals surface area contributed by atoms with Crippen LogP contribution in [-0.4, -0.2) is 49.4 Å². The van der Waals surface area contributed by atoms with Crippen molar-refractivity contribution in [3.63, 3.8) is 0 Å². The van der Waals surface area contributed by atoms with Gasteiger partial charge < -0.3 is 4.48 Å². The van der Waals surface area contributed by atoms with E-state index in [-0.39, 0.29) is 5.75 Å². The Morgan fingerprint density at radius 1 is 0.867 bits per heavy atom. The van der Waals surface area contributed by atoms with Crippen molar-refractivity contribution in [3.8, 4) is 0 Å². The van der Waals surface area contributed by atoms with Gasteiger partial charge in [0.1, 0.15) is 0 Å². The summed E-state index contributed by atoms with van der Waals surface area (Å²) < 4.78 is 28.2. The molecule has 15 heavy (non-hydrogen) atoms. The normalized spacial score (nSPS) is 11.9. The zero-order chi connectivity index (χ0) is 12.5. The van der Waals surface area contributed by atoms with Crippen molar-refractivity contribution in [2.45, 2.75) is 34.6 Å². The summed E-state index contributed by atoms with van der Waals surface area (Å²) in [6, 6.07) is 0. The first-order valence-corrected chi connectivity index (χ1v) is 7.21. The standard InChI is InChI=1S/C8H20N.C2H6O3S/c1-5-9(6-2,7-3)8-4;1-2-6(3,4)5/h5-8H2,1-4H3;2H2,1H3,(H,3,4,5)/q+1;. The molecule has 0 fully saturated rings. The first-order valence-electron chi connectivity index (χ1n) is 5.61. The molecule has 4 nitrogen and oxygen atoms in total. The molecular weight excluding hydrogens is 214 g/mol. The summed E-state index contributed by atoms with van der Waals surface area (Å²) in [5.74, 6) is -0.201. The Balaban J connectivity index is 0. The SMILES string of the molecule is CCS(=O)(=O)O.CC[N+](CC)(CC)CC. The van der Waals surface area contributed by atoms with Crippen LogP contribution in [0, 0.1) is 0 Å². The molecule has 1 N–H and O–H groups in total. The number of nitrogens with zero attached hydrogens (tertiary/aromatic N) is 1. The van der Waals surface area contributed by atoms with Crippen LogP contribution in [0.15, 0.2) is 0 Å². The van der Waals surface area contributed by atoms with E-state index < -0.39 is 10.1 Å². The quantitative estimate of drug-likeness (QED) is 0.588. The van der Waals surface area contributed by atoms with Gasteiger partial charge in [0.2, 0.25) is 0 Å². The minimum absolute atomic E-state index is 0.201. The minimum atomic E-state index is -3.66. The van der Waals surface area contributed by atoms with E-state index in [0.717, 1.165) is 0 Å². The molecular formula is C10H26NO3S+. The van der Waals surface area contributed by atoms with Crippen molar-refractivity contribution in [2.75, 3.05) is 31.9 Å². The van der Waals surface area contributed by atoms with Gasteiger partial charge in [-0.1, -0.05) is 0 Å². The van der Waals surface area contributed by atoms with Crippen molar-refractivity contribution >= 4 is 10.1 Å². The molecule has 0 amide bonds. The van der Waals surface area contributed by atoms with Crippen LogP contribution < -0.4 is 0 Å². The van der Waals surface area contributed by atoms with Crippen LogP contribution in [0.4, 0.5) is 0 Å². The average molecular weight is 240 g/mol. The lowest BCUT2D eigenvalue weighted by Gasteiger charge is -2.34. The second kappa shape index (κ2) is 8.07. The topological polar surface area (TPSA) is 54.4 Å². The van der Waals surface area contributed by atoms with E-state index >= 15 is 0 Å². The summed E-state index contributed by atoms with van der Waals surface area (Å²) in [6.45, 7) is 15.6. The largest absolute Gasteiger partial charge is 0.325 e. The summed E-state index contributed by atoms with van der Waals surface area (Å²) >= 11 is 0. The molecule has 0 saturated heterocycles. The Morgan fingerprint density at radius 2 is 1.07 bits per heavy atom. The molecule has 0 aliphatic carbocycles. The summed E-state index contributed by atoms with van der Waals surface area (Å²) in [4.78, 5) is 0. The highest BCUT2D eigenvalue weighted by molar-refractivity contribution is 7.85. The summed E-state index contributed by atoms with van der Waals surface area (Å²) in [5, 5.41) is 0. The van der Waals surface area contributed by atoms with E-state index in [1.165, 1.54) is 37.6 Å². The van der Waals surface area contributed by atoms with Crippen molar-refractivity contribution in [1.29, 1.82) is 0 Å². The highest BCUT2D eigenvalue weighted by atomic mass is 32.2. The van der Waals surface area contributed by atoms with Crippen molar-refractivity contribution in [2.24, 2.45) is 0 Å². The molecule has 5 heteroatoms. The van der Waals surface area contributed by atoms with E-state index in [9.17, 15) is 8.42 Å². The fourth-order valence-electron chi connectivity index (χ4n) is 1.34. The van der Waals surface area contributed by atoms with Gasteiger partial charge in [0.15, 0.2) is 0 Å². The Morgan fingerprint density at radius 3 is 1.07 bits per heavy atom. The average Bonchev–Trinajstić information content (AvgIpc) is 2.22. The van der Waals surface area contributed by atoms with E-state index in [2.05, 4.69) is 27.7 Å². The molecule has 0 heterocycles. The second-order valence-corrected chi connectivity index (χ2v) is 5.22.